The van der Waals surface area contributed by atoms with E-state index in [1.54, 1.807) is 44.2 Å². The summed E-state index contributed by atoms with van der Waals surface area (Å²) in [5, 5.41) is 17.4. The van der Waals surface area contributed by atoms with E-state index in [1.165, 1.54) is 24.0 Å². The van der Waals surface area contributed by atoms with Crippen LogP contribution in [0.2, 0.25) is 0 Å². The Labute approximate surface area is 218 Å². The van der Waals surface area contributed by atoms with Crippen LogP contribution in [0.4, 0.5) is 10.2 Å². The summed E-state index contributed by atoms with van der Waals surface area (Å²) in [6, 6.07) is 7.06. The van der Waals surface area contributed by atoms with E-state index >= 15 is 4.39 Å². The topological polar surface area (TPSA) is 172 Å². The maximum Gasteiger partial charge on any atom is 0.459 e. The zero-order valence-corrected chi connectivity index (χ0v) is 22.1. The number of aliphatic hydroxyl groups is 1. The number of nitrogen functional groups attached to an aromatic ring is 1. The van der Waals surface area contributed by atoms with E-state index in [0.29, 0.717) is 0 Å². The lowest BCUT2D eigenvalue weighted by atomic mass is 9.93. The molecule has 206 valence electrons. The van der Waals surface area contributed by atoms with Crippen LogP contribution < -0.4 is 15.3 Å². The average molecular weight is 553 g/mol. The van der Waals surface area contributed by atoms with Crippen LogP contribution in [0.3, 0.4) is 0 Å². The van der Waals surface area contributed by atoms with Crippen molar-refractivity contribution >= 4 is 25.2 Å². The number of anilines is 1. The molecular formula is C23H30FN6O7P. The zero-order chi connectivity index (χ0) is 27.7. The molecule has 15 heteroatoms. The van der Waals surface area contributed by atoms with E-state index in [0.717, 1.165) is 6.92 Å². The first kappa shape index (κ1) is 27.9. The van der Waals surface area contributed by atoms with E-state index in [-0.39, 0.29) is 22.9 Å². The third kappa shape index (κ3) is 5.79. The third-order valence-electron chi connectivity index (χ3n) is 5.81. The number of carbonyl (C=O) groups excluding carboxylic acids is 1. The molecule has 3 heterocycles. The summed E-state index contributed by atoms with van der Waals surface area (Å²) in [5.41, 5.74) is 3.89. The molecule has 0 saturated carbocycles. The summed E-state index contributed by atoms with van der Waals surface area (Å²) >= 11 is 0. The Kier molecular flexibility index (Phi) is 8.00. The molecule has 2 aromatic heterocycles. The number of alkyl halides is 1. The lowest BCUT2D eigenvalue weighted by Crippen LogP contribution is -2.40. The fourth-order valence-electron chi connectivity index (χ4n) is 3.93. The normalized spacial score (nSPS) is 25.8. The summed E-state index contributed by atoms with van der Waals surface area (Å²) in [4.78, 5) is 20.3. The molecule has 4 rings (SSSR count). The number of para-hydroxylation sites is 1. The highest BCUT2D eigenvalue weighted by atomic mass is 31.2. The van der Waals surface area contributed by atoms with E-state index in [4.69, 9.17) is 24.3 Å². The maximum absolute atomic E-state index is 15.8. The van der Waals surface area contributed by atoms with Crippen molar-refractivity contribution in [3.63, 3.8) is 0 Å². The summed E-state index contributed by atoms with van der Waals surface area (Å²) in [6.07, 6.45) is -2.17. The van der Waals surface area contributed by atoms with Gasteiger partial charge in [0.15, 0.2) is 17.1 Å². The first-order valence-corrected chi connectivity index (χ1v) is 13.4. The molecule has 1 aliphatic heterocycles. The Balaban J connectivity index is 1.54. The number of nitrogens with one attached hydrogen (secondary N) is 1. The molecule has 1 fully saturated rings. The van der Waals surface area contributed by atoms with Crippen molar-refractivity contribution in [1.82, 2.24) is 24.7 Å². The number of aromatic nitrogens is 4. The second-order valence-corrected chi connectivity index (χ2v) is 10.9. The highest BCUT2D eigenvalue weighted by Gasteiger charge is 2.56. The predicted molar refractivity (Wildman–Crippen MR) is 133 cm³/mol. The van der Waals surface area contributed by atoms with Crippen molar-refractivity contribution in [2.24, 2.45) is 0 Å². The SMILES string of the molecule is CC(C)OC(=O)[C@H](C)N[P@](=O)(OC[C@H]1O[C@@H](c2cnc3c(N)ncnn23)[C@](C)(F)[C@@H]1O)Oc1ccccc1. The smallest absolute Gasteiger partial charge is 0.459 e. The molecule has 38 heavy (non-hydrogen) atoms. The van der Waals surface area contributed by atoms with E-state index < -0.39 is 56.4 Å². The first-order chi connectivity index (χ1) is 17.9. The van der Waals surface area contributed by atoms with Gasteiger partial charge in [-0.05, 0) is 39.8 Å². The molecule has 4 N–H and O–H groups in total. The maximum atomic E-state index is 15.8. The molecule has 0 bridgehead atoms. The second kappa shape index (κ2) is 10.9. The number of esters is 1. The van der Waals surface area contributed by atoms with Gasteiger partial charge in [0.2, 0.25) is 0 Å². The number of nitrogens with two attached hydrogens (primary N) is 1. The molecule has 3 aromatic rings. The molecule has 0 radical (unpaired) electrons. The standard InChI is InChI=1S/C23H30FN6O7P/c1-13(2)35-22(32)14(3)29-38(33,37-15-8-6-5-7-9-15)34-11-17-18(31)23(4,24)19(36-17)16-10-26-21-20(25)27-12-28-30(16)21/h5-10,12-14,17-19,31H,11H2,1-4H3,(H,29,33)(H2,25,27,28)/t14-,17+,18+,19-,23+,38-/m0/s1. The summed E-state index contributed by atoms with van der Waals surface area (Å²) in [5.74, 6) is -0.403. The van der Waals surface area contributed by atoms with Crippen molar-refractivity contribution in [2.45, 2.75) is 63.8 Å². The van der Waals surface area contributed by atoms with Crippen LogP contribution in [0.5, 0.6) is 5.75 Å². The number of aliphatic hydroxyl groups excluding tert-OH is 1. The average Bonchev–Trinajstić information content (AvgIpc) is 3.37. The highest BCUT2D eigenvalue weighted by molar-refractivity contribution is 7.52. The third-order valence-corrected chi connectivity index (χ3v) is 7.46. The van der Waals surface area contributed by atoms with E-state index in [9.17, 15) is 14.5 Å². The monoisotopic (exact) mass is 552 g/mol. The van der Waals surface area contributed by atoms with E-state index in [1.807, 2.05) is 0 Å². The van der Waals surface area contributed by atoms with Crippen LogP contribution in [0.25, 0.3) is 5.65 Å². The molecular weight excluding hydrogens is 522 g/mol. The van der Waals surface area contributed by atoms with Gasteiger partial charge >= 0.3 is 13.7 Å². The van der Waals surface area contributed by atoms with Gasteiger partial charge in [-0.1, -0.05) is 18.2 Å². The van der Waals surface area contributed by atoms with Gasteiger partial charge in [0.25, 0.3) is 0 Å². The van der Waals surface area contributed by atoms with Gasteiger partial charge < -0.3 is 24.8 Å². The molecule has 0 spiro atoms. The minimum Gasteiger partial charge on any atom is -0.462 e. The fourth-order valence-corrected chi connectivity index (χ4v) is 5.43. The Morgan fingerprint density at radius 2 is 2.03 bits per heavy atom. The number of imidazole rings is 1. The van der Waals surface area contributed by atoms with Crippen LogP contribution in [-0.2, 0) is 23.4 Å². The quantitative estimate of drug-likeness (QED) is 0.248. The molecule has 0 amide bonds. The van der Waals surface area contributed by atoms with Gasteiger partial charge in [-0.2, -0.15) is 10.2 Å². The number of benzene rings is 1. The molecule has 1 aliphatic rings. The summed E-state index contributed by atoms with van der Waals surface area (Å²) < 4.78 is 52.9. The van der Waals surface area contributed by atoms with Crippen LogP contribution in [-0.4, -0.2) is 67.3 Å². The van der Waals surface area contributed by atoms with E-state index in [2.05, 4.69) is 20.2 Å². The Hall–Kier alpha value is -3.16. The van der Waals surface area contributed by atoms with Crippen molar-refractivity contribution in [2.75, 3.05) is 12.3 Å². The number of rotatable bonds is 10. The molecule has 1 saturated heterocycles. The van der Waals surface area contributed by atoms with Gasteiger partial charge in [0, 0.05) is 0 Å². The number of nitrogens with zero attached hydrogens (tertiary/aromatic N) is 4. The fraction of sp³-hybridized carbons (Fsp3) is 0.478. The Morgan fingerprint density at radius 3 is 2.71 bits per heavy atom. The number of hydrogen-bond acceptors (Lipinski definition) is 11. The Bertz CT molecular complexity index is 1320. The molecule has 0 aliphatic carbocycles. The van der Waals surface area contributed by atoms with Gasteiger partial charge in [-0.3, -0.25) is 9.32 Å². The minimum absolute atomic E-state index is 0.0837. The lowest BCUT2D eigenvalue weighted by molar-refractivity contribution is -0.149. The predicted octanol–water partition coefficient (Wildman–Crippen LogP) is 2.37. The van der Waals surface area contributed by atoms with Gasteiger partial charge in [0.05, 0.1) is 24.6 Å². The van der Waals surface area contributed by atoms with Gasteiger partial charge in [0.1, 0.15) is 36.4 Å². The van der Waals surface area contributed by atoms with Crippen molar-refractivity contribution in [1.29, 1.82) is 0 Å². The first-order valence-electron chi connectivity index (χ1n) is 11.9. The minimum atomic E-state index is -4.26. The van der Waals surface area contributed by atoms with Crippen LogP contribution in [0, 0.1) is 0 Å². The van der Waals surface area contributed by atoms with Gasteiger partial charge in [-0.25, -0.2) is 23.4 Å². The summed E-state index contributed by atoms with van der Waals surface area (Å²) in [6.45, 7) is 5.40. The number of halogens is 1. The number of hydrogen-bond donors (Lipinski definition) is 3. The number of ether oxygens (including phenoxy) is 2. The summed E-state index contributed by atoms with van der Waals surface area (Å²) in [7, 11) is -4.26. The number of fused-ring (bicyclic) bond motifs is 1. The Morgan fingerprint density at radius 1 is 1.32 bits per heavy atom. The second-order valence-electron chi connectivity index (χ2n) is 9.25. The largest absolute Gasteiger partial charge is 0.462 e. The van der Waals surface area contributed by atoms with Crippen molar-refractivity contribution in [3.05, 3.63) is 48.5 Å². The van der Waals surface area contributed by atoms with Crippen molar-refractivity contribution in [3.8, 4) is 5.75 Å². The molecule has 1 aromatic carbocycles. The zero-order valence-electron chi connectivity index (χ0n) is 21.2. The molecule has 6 atom stereocenters. The van der Waals surface area contributed by atoms with Crippen LogP contribution >= 0.6 is 7.75 Å². The highest BCUT2D eigenvalue weighted by Crippen LogP contribution is 2.48. The molecule has 13 nitrogen and oxygen atoms in total. The lowest BCUT2D eigenvalue weighted by Gasteiger charge is -2.25. The molecule has 0 unspecified atom stereocenters. The van der Waals surface area contributed by atoms with Gasteiger partial charge in [-0.15, -0.1) is 0 Å². The number of carbonyl (C=O) groups is 1. The van der Waals surface area contributed by atoms with Crippen LogP contribution in [0.15, 0.2) is 42.9 Å². The van der Waals surface area contributed by atoms with Crippen LogP contribution in [0.1, 0.15) is 39.5 Å². The van der Waals surface area contributed by atoms with Crippen molar-refractivity contribution < 1.29 is 37.4 Å².